The fraction of sp³-hybridized carbons (Fsp3) is 0.370. The number of nitrogens with two attached hydrogens (primary N) is 1. The molecule has 1 aromatic carbocycles. The molecule has 32 heavy (non-hydrogen) atoms. The van der Waals surface area contributed by atoms with Crippen molar-refractivity contribution in [2.75, 3.05) is 13.1 Å². The second kappa shape index (κ2) is 8.66. The Balaban J connectivity index is 1.57. The maximum absolute atomic E-state index is 6.76. The summed E-state index contributed by atoms with van der Waals surface area (Å²) in [6.07, 6.45) is 4.03. The molecule has 1 aliphatic heterocycles. The number of aromatic nitrogens is 1. The van der Waals surface area contributed by atoms with Gasteiger partial charge in [0.2, 0.25) is 0 Å². The van der Waals surface area contributed by atoms with E-state index in [-0.39, 0.29) is 11.0 Å². The molecule has 3 aromatic rings. The highest BCUT2D eigenvalue weighted by atomic mass is 35.5. The summed E-state index contributed by atoms with van der Waals surface area (Å²) < 4.78 is 0. The lowest BCUT2D eigenvalue weighted by Crippen LogP contribution is -2.51. The van der Waals surface area contributed by atoms with E-state index < -0.39 is 0 Å². The lowest BCUT2D eigenvalue weighted by atomic mass is 9.90. The topological polar surface area (TPSA) is 42.2 Å². The Morgan fingerprint density at radius 3 is 2.66 bits per heavy atom. The zero-order valence-corrected chi connectivity index (χ0v) is 21.0. The van der Waals surface area contributed by atoms with Gasteiger partial charge in [0.05, 0.1) is 0 Å². The molecule has 1 saturated heterocycles. The Labute approximate surface area is 200 Å². The minimum Gasteiger partial charge on any atom is -0.370 e. The Hall–Kier alpha value is -2.14. The summed E-state index contributed by atoms with van der Waals surface area (Å²) in [4.78, 5) is 7.99. The van der Waals surface area contributed by atoms with Crippen LogP contribution in [0.1, 0.15) is 51.8 Å². The summed E-state index contributed by atoms with van der Waals surface area (Å²) in [6, 6.07) is 12.7. The summed E-state index contributed by atoms with van der Waals surface area (Å²) in [5.74, 6) is 0. The molecule has 2 aromatic heterocycles. The molecule has 0 bridgehead atoms. The number of pyridine rings is 1. The van der Waals surface area contributed by atoms with Crippen molar-refractivity contribution in [1.29, 1.82) is 0 Å². The highest BCUT2D eigenvalue weighted by Crippen LogP contribution is 2.38. The van der Waals surface area contributed by atoms with Crippen molar-refractivity contribution in [1.82, 2.24) is 9.88 Å². The number of hydrogen-bond donors (Lipinski definition) is 1. The minimum atomic E-state index is -0.169. The maximum atomic E-state index is 6.76. The van der Waals surface area contributed by atoms with E-state index in [0.717, 1.165) is 58.3 Å². The monoisotopic (exact) mass is 465 g/mol. The van der Waals surface area contributed by atoms with Crippen LogP contribution in [0.2, 0.25) is 5.02 Å². The van der Waals surface area contributed by atoms with E-state index in [4.69, 9.17) is 17.3 Å². The Kier molecular flexibility index (Phi) is 6.23. The lowest BCUT2D eigenvalue weighted by Gasteiger charge is -2.40. The Morgan fingerprint density at radius 2 is 1.97 bits per heavy atom. The third-order valence-corrected chi connectivity index (χ3v) is 7.41. The molecule has 1 atom stereocenters. The fourth-order valence-corrected chi connectivity index (χ4v) is 5.52. The third kappa shape index (κ3) is 4.93. The van der Waals surface area contributed by atoms with Crippen molar-refractivity contribution in [3.05, 3.63) is 70.8 Å². The molecular weight excluding hydrogens is 434 g/mol. The second-order valence-corrected chi connectivity index (χ2v) is 11.5. The minimum absolute atomic E-state index is 0.0199. The van der Waals surface area contributed by atoms with Gasteiger partial charge < -0.3 is 10.6 Å². The molecule has 0 saturated carbocycles. The van der Waals surface area contributed by atoms with Gasteiger partial charge in [0.15, 0.2) is 0 Å². The van der Waals surface area contributed by atoms with Crippen molar-refractivity contribution in [3.8, 4) is 21.6 Å². The summed E-state index contributed by atoms with van der Waals surface area (Å²) >= 11 is 8.47. The number of rotatable bonds is 4. The maximum Gasteiger partial charge on any atom is 0.0499 e. The van der Waals surface area contributed by atoms with Gasteiger partial charge in [-0.1, -0.05) is 51.1 Å². The van der Waals surface area contributed by atoms with Crippen molar-refractivity contribution in [2.45, 2.75) is 51.5 Å². The smallest absolute Gasteiger partial charge is 0.0499 e. The van der Waals surface area contributed by atoms with Crippen LogP contribution in [0.4, 0.5) is 0 Å². The van der Waals surface area contributed by atoms with Crippen LogP contribution in [-0.4, -0.2) is 28.5 Å². The molecule has 3 nitrogen and oxygen atoms in total. The number of hydrogen-bond acceptors (Lipinski definition) is 4. The number of benzene rings is 1. The molecule has 1 fully saturated rings. The number of thiophene rings is 1. The van der Waals surface area contributed by atoms with Gasteiger partial charge >= 0.3 is 0 Å². The fourth-order valence-electron chi connectivity index (χ4n) is 4.22. The standard InChI is InChI=1S/C27H32ClN3S/c1-18(31-12-6-10-27(5,29)17-31)19-7-8-22(23(28)13-19)24-14-21(16-32-24)20-9-11-30-25(15-20)26(2,3)4/h7-9,11,13-16H,1,6,10,12,17,29H2,2-5H3. The zero-order chi connectivity index (χ0) is 23.1. The lowest BCUT2D eigenvalue weighted by molar-refractivity contribution is 0.225. The van der Waals surface area contributed by atoms with Crippen LogP contribution in [0.5, 0.6) is 0 Å². The van der Waals surface area contributed by atoms with Gasteiger partial charge in [-0.2, -0.15) is 0 Å². The van der Waals surface area contributed by atoms with Crippen LogP contribution < -0.4 is 5.73 Å². The van der Waals surface area contributed by atoms with Crippen LogP contribution in [-0.2, 0) is 5.41 Å². The van der Waals surface area contributed by atoms with Gasteiger partial charge in [-0.25, -0.2) is 0 Å². The SMILES string of the molecule is C=C(c1ccc(-c2cc(-c3ccnc(C(C)(C)C)c3)cs2)c(Cl)c1)N1CCCC(C)(N)C1. The zero-order valence-electron chi connectivity index (χ0n) is 19.4. The average molecular weight is 466 g/mol. The van der Waals surface area contributed by atoms with Crippen LogP contribution in [0.25, 0.3) is 27.3 Å². The molecule has 1 unspecified atom stereocenters. The van der Waals surface area contributed by atoms with Gasteiger partial charge in [-0.05, 0) is 66.1 Å². The van der Waals surface area contributed by atoms with Crippen LogP contribution in [0, 0.1) is 0 Å². The highest BCUT2D eigenvalue weighted by Gasteiger charge is 2.28. The Morgan fingerprint density at radius 1 is 1.19 bits per heavy atom. The van der Waals surface area contributed by atoms with Crippen molar-refractivity contribution in [3.63, 3.8) is 0 Å². The van der Waals surface area contributed by atoms with Gasteiger partial charge in [-0.3, -0.25) is 4.98 Å². The first-order chi connectivity index (χ1) is 15.0. The summed E-state index contributed by atoms with van der Waals surface area (Å²) in [5, 5.41) is 2.94. The highest BCUT2D eigenvalue weighted by molar-refractivity contribution is 7.14. The first-order valence-corrected chi connectivity index (χ1v) is 12.4. The van der Waals surface area contributed by atoms with E-state index in [2.05, 4.69) is 79.9 Å². The van der Waals surface area contributed by atoms with Gasteiger partial charge in [0.25, 0.3) is 0 Å². The van der Waals surface area contributed by atoms with Gasteiger partial charge in [-0.15, -0.1) is 11.3 Å². The second-order valence-electron chi connectivity index (χ2n) is 10.2. The largest absolute Gasteiger partial charge is 0.370 e. The Bertz CT molecular complexity index is 1140. The molecule has 5 heteroatoms. The molecule has 2 N–H and O–H groups in total. The number of likely N-dealkylation sites (tertiary alicyclic amines) is 1. The van der Waals surface area contributed by atoms with Crippen molar-refractivity contribution < 1.29 is 0 Å². The first kappa shape index (κ1) is 23.0. The third-order valence-electron chi connectivity index (χ3n) is 6.14. The van der Waals surface area contributed by atoms with E-state index in [0.29, 0.717) is 0 Å². The molecule has 1 aliphatic rings. The van der Waals surface area contributed by atoms with Crippen LogP contribution in [0.3, 0.4) is 0 Å². The number of piperidine rings is 1. The molecular formula is C27H32ClN3S. The normalized spacial score (nSPS) is 19.2. The van der Waals surface area contributed by atoms with Gasteiger partial charge in [0, 0.05) is 57.1 Å². The summed E-state index contributed by atoms with van der Waals surface area (Å²) in [6.45, 7) is 14.8. The van der Waals surface area contributed by atoms with Crippen LogP contribution in [0.15, 0.2) is 54.6 Å². The number of nitrogens with zero attached hydrogens (tertiary/aromatic N) is 2. The summed E-state index contributed by atoms with van der Waals surface area (Å²) in [5.41, 5.74) is 12.8. The molecule has 0 aliphatic carbocycles. The molecule has 0 amide bonds. The van der Waals surface area contributed by atoms with Crippen LogP contribution >= 0.6 is 22.9 Å². The number of halogens is 1. The molecule has 3 heterocycles. The van der Waals surface area contributed by atoms with Gasteiger partial charge in [0.1, 0.15) is 0 Å². The van der Waals surface area contributed by atoms with E-state index in [1.165, 1.54) is 11.1 Å². The van der Waals surface area contributed by atoms with Crippen molar-refractivity contribution in [2.24, 2.45) is 5.73 Å². The van der Waals surface area contributed by atoms with E-state index >= 15 is 0 Å². The molecule has 0 radical (unpaired) electrons. The van der Waals surface area contributed by atoms with E-state index in [9.17, 15) is 0 Å². The molecule has 0 spiro atoms. The summed E-state index contributed by atoms with van der Waals surface area (Å²) in [7, 11) is 0. The predicted molar refractivity (Wildman–Crippen MR) is 139 cm³/mol. The van der Waals surface area contributed by atoms with Crippen molar-refractivity contribution >= 4 is 28.6 Å². The molecule has 4 rings (SSSR count). The predicted octanol–water partition coefficient (Wildman–Crippen LogP) is 7.21. The van der Waals surface area contributed by atoms with E-state index in [1.807, 2.05) is 12.3 Å². The molecule has 168 valence electrons. The first-order valence-electron chi connectivity index (χ1n) is 11.1. The quantitative estimate of drug-likeness (QED) is 0.442. The van der Waals surface area contributed by atoms with E-state index in [1.54, 1.807) is 11.3 Å². The average Bonchev–Trinajstić information content (AvgIpc) is 3.22.